The first-order chi connectivity index (χ1) is 10.1. The Morgan fingerprint density at radius 1 is 1.24 bits per heavy atom. The molecule has 3 N–H and O–H groups in total. The molecule has 0 fully saturated rings. The molecule has 4 nitrogen and oxygen atoms in total. The highest BCUT2D eigenvalue weighted by Crippen LogP contribution is 2.28. The first kappa shape index (κ1) is 13.7. The number of hydrogen-bond acceptors (Lipinski definition) is 3. The average molecular weight is 285 g/mol. The van der Waals surface area contributed by atoms with Crippen LogP contribution in [0.5, 0.6) is 0 Å². The minimum atomic E-state index is -0.446. The highest BCUT2D eigenvalue weighted by molar-refractivity contribution is 5.82. The fraction of sp³-hybridized carbons (Fsp3) is 0.188. The van der Waals surface area contributed by atoms with Crippen LogP contribution in [-0.2, 0) is 6.61 Å². The summed E-state index contributed by atoms with van der Waals surface area (Å²) in [5.74, 6) is 0.190. The largest absolute Gasteiger partial charge is 0.391 e. The van der Waals surface area contributed by atoms with Crippen molar-refractivity contribution in [3.8, 4) is 5.69 Å². The third kappa shape index (κ3) is 2.20. The molecule has 3 aromatic rings. The summed E-state index contributed by atoms with van der Waals surface area (Å²) >= 11 is 0. The van der Waals surface area contributed by atoms with Crippen molar-refractivity contribution in [2.75, 3.05) is 0 Å². The van der Waals surface area contributed by atoms with Crippen LogP contribution in [0.25, 0.3) is 16.7 Å². The highest BCUT2D eigenvalue weighted by atomic mass is 19.1. The van der Waals surface area contributed by atoms with Gasteiger partial charge in [0.2, 0.25) is 0 Å². The van der Waals surface area contributed by atoms with Gasteiger partial charge in [0.25, 0.3) is 0 Å². The number of benzene rings is 2. The van der Waals surface area contributed by atoms with E-state index < -0.39 is 5.82 Å². The van der Waals surface area contributed by atoms with Crippen LogP contribution < -0.4 is 5.73 Å². The Morgan fingerprint density at radius 3 is 2.57 bits per heavy atom. The van der Waals surface area contributed by atoms with Crippen LogP contribution in [0.4, 0.5) is 4.39 Å². The van der Waals surface area contributed by atoms with Gasteiger partial charge in [0, 0.05) is 11.3 Å². The predicted octanol–water partition coefficient (Wildman–Crippen LogP) is 2.68. The van der Waals surface area contributed by atoms with Gasteiger partial charge in [-0.2, -0.15) is 0 Å². The van der Waals surface area contributed by atoms with Crippen molar-refractivity contribution in [1.82, 2.24) is 9.55 Å². The van der Waals surface area contributed by atoms with E-state index in [-0.39, 0.29) is 18.2 Å². The lowest BCUT2D eigenvalue weighted by atomic mass is 10.1. The van der Waals surface area contributed by atoms with E-state index in [4.69, 9.17) is 5.73 Å². The second-order valence-corrected chi connectivity index (χ2v) is 4.98. The zero-order valence-corrected chi connectivity index (χ0v) is 11.6. The van der Waals surface area contributed by atoms with E-state index in [0.717, 1.165) is 5.69 Å². The number of imidazole rings is 1. The number of rotatable bonds is 3. The molecule has 1 heterocycles. The smallest absolute Gasteiger partial charge is 0.131 e. The molecule has 2 aromatic carbocycles. The molecule has 0 saturated heterocycles. The Balaban J connectivity index is 2.44. The number of aromatic nitrogens is 2. The van der Waals surface area contributed by atoms with Crippen LogP contribution in [0.2, 0.25) is 0 Å². The number of aliphatic hydroxyl groups excluding tert-OH is 1. The minimum Gasteiger partial charge on any atom is -0.391 e. The lowest BCUT2D eigenvalue weighted by Crippen LogP contribution is -2.13. The number of fused-ring (bicyclic) bond motifs is 1. The van der Waals surface area contributed by atoms with Crippen molar-refractivity contribution in [2.45, 2.75) is 19.6 Å². The standard InChI is InChI=1S/C16H16FN3O/c1-10(18)16-19-14-8-7-13(17)12(9-21)15(14)20(16)11-5-3-2-4-6-11/h2-8,10,21H,9,18H2,1H3/t10-/m0/s1. The van der Waals surface area contributed by atoms with Gasteiger partial charge in [-0.25, -0.2) is 9.37 Å². The normalized spacial score (nSPS) is 12.8. The molecule has 108 valence electrons. The molecule has 0 radical (unpaired) electrons. The number of nitrogens with zero attached hydrogens (tertiary/aromatic N) is 2. The molecule has 0 aliphatic heterocycles. The molecule has 21 heavy (non-hydrogen) atoms. The van der Waals surface area contributed by atoms with E-state index >= 15 is 0 Å². The number of aliphatic hydroxyl groups is 1. The van der Waals surface area contributed by atoms with Gasteiger partial charge < -0.3 is 10.8 Å². The van der Waals surface area contributed by atoms with E-state index in [0.29, 0.717) is 16.9 Å². The number of hydrogen-bond donors (Lipinski definition) is 2. The molecule has 0 amide bonds. The predicted molar refractivity (Wildman–Crippen MR) is 79.6 cm³/mol. The van der Waals surface area contributed by atoms with Crippen molar-refractivity contribution < 1.29 is 9.50 Å². The van der Waals surface area contributed by atoms with Crippen molar-refractivity contribution in [3.05, 3.63) is 59.7 Å². The van der Waals surface area contributed by atoms with E-state index in [1.54, 1.807) is 6.07 Å². The second kappa shape index (κ2) is 5.27. The third-order valence-corrected chi connectivity index (χ3v) is 3.47. The van der Waals surface area contributed by atoms with Crippen LogP contribution in [0, 0.1) is 5.82 Å². The molecule has 0 unspecified atom stereocenters. The maximum absolute atomic E-state index is 14.0. The van der Waals surface area contributed by atoms with Gasteiger partial charge in [-0.15, -0.1) is 0 Å². The number of para-hydroxylation sites is 1. The fourth-order valence-corrected chi connectivity index (χ4v) is 2.52. The molecule has 0 spiro atoms. The molecule has 1 aromatic heterocycles. The molecule has 3 rings (SSSR count). The first-order valence-electron chi connectivity index (χ1n) is 6.75. The summed E-state index contributed by atoms with van der Waals surface area (Å²) in [5.41, 5.74) is 8.27. The monoisotopic (exact) mass is 285 g/mol. The van der Waals surface area contributed by atoms with Crippen molar-refractivity contribution >= 4 is 11.0 Å². The van der Waals surface area contributed by atoms with Gasteiger partial charge in [0.1, 0.15) is 11.6 Å². The van der Waals surface area contributed by atoms with Gasteiger partial charge in [-0.05, 0) is 31.2 Å². The Kier molecular flexibility index (Phi) is 3.45. The summed E-state index contributed by atoms with van der Waals surface area (Å²) in [5, 5.41) is 9.52. The quantitative estimate of drug-likeness (QED) is 0.777. The summed E-state index contributed by atoms with van der Waals surface area (Å²) in [6.07, 6.45) is 0. The third-order valence-electron chi connectivity index (χ3n) is 3.47. The first-order valence-corrected chi connectivity index (χ1v) is 6.75. The zero-order valence-electron chi connectivity index (χ0n) is 11.6. The van der Waals surface area contributed by atoms with E-state index in [1.807, 2.05) is 41.8 Å². The Morgan fingerprint density at radius 2 is 1.95 bits per heavy atom. The minimum absolute atomic E-state index is 0.232. The van der Waals surface area contributed by atoms with E-state index in [1.165, 1.54) is 6.07 Å². The Labute approximate surface area is 121 Å². The van der Waals surface area contributed by atoms with E-state index in [2.05, 4.69) is 4.98 Å². The summed E-state index contributed by atoms with van der Waals surface area (Å²) in [6, 6.07) is 12.1. The molecule has 0 aliphatic carbocycles. The maximum Gasteiger partial charge on any atom is 0.131 e. The Bertz CT molecular complexity index is 781. The van der Waals surface area contributed by atoms with Crippen molar-refractivity contribution in [1.29, 1.82) is 0 Å². The van der Waals surface area contributed by atoms with Crippen LogP contribution in [-0.4, -0.2) is 14.7 Å². The average Bonchev–Trinajstić information content (AvgIpc) is 2.88. The van der Waals surface area contributed by atoms with Gasteiger partial charge >= 0.3 is 0 Å². The van der Waals surface area contributed by atoms with Crippen molar-refractivity contribution in [3.63, 3.8) is 0 Å². The molecule has 5 heteroatoms. The van der Waals surface area contributed by atoms with E-state index in [9.17, 15) is 9.50 Å². The number of halogens is 1. The topological polar surface area (TPSA) is 64.1 Å². The lowest BCUT2D eigenvalue weighted by Gasteiger charge is -2.13. The molecule has 0 aliphatic rings. The van der Waals surface area contributed by atoms with Crippen LogP contribution in [0.1, 0.15) is 24.4 Å². The molecular formula is C16H16FN3O. The van der Waals surface area contributed by atoms with Gasteiger partial charge in [0.15, 0.2) is 0 Å². The van der Waals surface area contributed by atoms with Crippen molar-refractivity contribution in [2.24, 2.45) is 5.73 Å². The zero-order chi connectivity index (χ0) is 15.0. The highest BCUT2D eigenvalue weighted by Gasteiger charge is 2.19. The SMILES string of the molecule is C[C@H](N)c1nc2ccc(F)c(CO)c2n1-c1ccccc1. The van der Waals surface area contributed by atoms with Crippen LogP contribution in [0.15, 0.2) is 42.5 Å². The van der Waals surface area contributed by atoms with Gasteiger partial charge in [-0.1, -0.05) is 18.2 Å². The summed E-state index contributed by atoms with van der Waals surface area (Å²) < 4.78 is 15.8. The maximum atomic E-state index is 14.0. The summed E-state index contributed by atoms with van der Waals surface area (Å²) in [4.78, 5) is 4.50. The Hall–Kier alpha value is -2.24. The second-order valence-electron chi connectivity index (χ2n) is 4.98. The lowest BCUT2D eigenvalue weighted by molar-refractivity contribution is 0.277. The molecule has 0 bridgehead atoms. The fourth-order valence-electron chi connectivity index (χ4n) is 2.52. The molecule has 0 saturated carbocycles. The summed E-state index contributed by atoms with van der Waals surface area (Å²) in [6.45, 7) is 1.44. The van der Waals surface area contributed by atoms with Gasteiger partial charge in [-0.3, -0.25) is 4.57 Å². The van der Waals surface area contributed by atoms with Crippen LogP contribution >= 0.6 is 0 Å². The summed E-state index contributed by atoms with van der Waals surface area (Å²) in [7, 11) is 0. The van der Waals surface area contributed by atoms with Crippen LogP contribution in [0.3, 0.4) is 0 Å². The number of nitrogens with two attached hydrogens (primary N) is 1. The van der Waals surface area contributed by atoms with Gasteiger partial charge in [0.05, 0.1) is 23.7 Å². The molecular weight excluding hydrogens is 269 g/mol. The molecule has 1 atom stereocenters.